The summed E-state index contributed by atoms with van der Waals surface area (Å²) in [5.74, 6) is 1.24. The highest BCUT2D eigenvalue weighted by Gasteiger charge is 2.14. The van der Waals surface area contributed by atoms with E-state index < -0.39 is 0 Å². The minimum Gasteiger partial charge on any atom is -0.497 e. The molecule has 2 rings (SSSR count). The van der Waals surface area contributed by atoms with E-state index in [4.69, 9.17) is 9.47 Å². The Hall–Kier alpha value is -1.75. The number of hydrogen-bond donors (Lipinski definition) is 2. The van der Waals surface area contributed by atoms with Crippen molar-refractivity contribution in [3.8, 4) is 5.75 Å². The fourth-order valence-corrected chi connectivity index (χ4v) is 2.06. The van der Waals surface area contributed by atoms with Crippen molar-refractivity contribution in [2.45, 2.75) is 12.8 Å². The van der Waals surface area contributed by atoms with Crippen molar-refractivity contribution in [2.75, 3.05) is 32.2 Å². The smallest absolute Gasteiger partial charge is 0.319 e. The molecule has 104 valence electrons. The summed E-state index contributed by atoms with van der Waals surface area (Å²) in [7, 11) is 1.60. The number of carbonyl (C=O) groups is 1. The van der Waals surface area contributed by atoms with Crippen LogP contribution in [-0.2, 0) is 4.74 Å². The first-order valence-corrected chi connectivity index (χ1v) is 6.54. The van der Waals surface area contributed by atoms with Gasteiger partial charge in [-0.1, -0.05) is 6.07 Å². The first kappa shape index (κ1) is 13.7. The van der Waals surface area contributed by atoms with E-state index >= 15 is 0 Å². The van der Waals surface area contributed by atoms with E-state index in [0.717, 1.165) is 37.5 Å². The normalized spacial score (nSPS) is 15.8. The number of anilines is 1. The minimum absolute atomic E-state index is 0.181. The van der Waals surface area contributed by atoms with Gasteiger partial charge in [-0.2, -0.15) is 0 Å². The second-order valence-corrected chi connectivity index (χ2v) is 4.62. The van der Waals surface area contributed by atoms with E-state index in [2.05, 4.69) is 10.6 Å². The molecule has 2 amide bonds. The van der Waals surface area contributed by atoms with Crippen LogP contribution in [0.1, 0.15) is 12.8 Å². The molecule has 2 N–H and O–H groups in total. The molecule has 0 aliphatic carbocycles. The Morgan fingerprint density at radius 2 is 2.21 bits per heavy atom. The molecule has 1 aliphatic heterocycles. The van der Waals surface area contributed by atoms with Crippen molar-refractivity contribution < 1.29 is 14.3 Å². The lowest BCUT2D eigenvalue weighted by Gasteiger charge is -2.22. The molecule has 5 nitrogen and oxygen atoms in total. The number of methoxy groups -OCH3 is 1. The van der Waals surface area contributed by atoms with Crippen LogP contribution in [0.5, 0.6) is 5.75 Å². The summed E-state index contributed by atoms with van der Waals surface area (Å²) < 4.78 is 10.4. The third-order valence-electron chi connectivity index (χ3n) is 3.22. The third kappa shape index (κ3) is 4.44. The molecule has 0 atom stereocenters. The molecule has 19 heavy (non-hydrogen) atoms. The van der Waals surface area contributed by atoms with Gasteiger partial charge in [0, 0.05) is 31.5 Å². The average molecular weight is 264 g/mol. The summed E-state index contributed by atoms with van der Waals surface area (Å²) in [6.45, 7) is 2.28. The molecule has 0 saturated carbocycles. The molecule has 5 heteroatoms. The zero-order valence-corrected chi connectivity index (χ0v) is 11.1. The van der Waals surface area contributed by atoms with Crippen molar-refractivity contribution in [3.05, 3.63) is 24.3 Å². The SMILES string of the molecule is COc1cccc(NC(=O)NCC2CCOCC2)c1. The maximum Gasteiger partial charge on any atom is 0.319 e. The molecule has 1 aromatic rings. The van der Waals surface area contributed by atoms with Gasteiger partial charge in [-0.15, -0.1) is 0 Å². The molecule has 0 radical (unpaired) electrons. The number of urea groups is 1. The molecule has 1 saturated heterocycles. The van der Waals surface area contributed by atoms with Crippen molar-refractivity contribution >= 4 is 11.7 Å². The maximum absolute atomic E-state index is 11.8. The Balaban J connectivity index is 1.76. The van der Waals surface area contributed by atoms with Crippen LogP contribution >= 0.6 is 0 Å². The van der Waals surface area contributed by atoms with Gasteiger partial charge >= 0.3 is 6.03 Å². The number of amides is 2. The van der Waals surface area contributed by atoms with E-state index in [0.29, 0.717) is 12.5 Å². The largest absolute Gasteiger partial charge is 0.497 e. The highest BCUT2D eigenvalue weighted by atomic mass is 16.5. The van der Waals surface area contributed by atoms with Crippen molar-refractivity contribution in [1.29, 1.82) is 0 Å². The van der Waals surface area contributed by atoms with Crippen LogP contribution in [0.4, 0.5) is 10.5 Å². The van der Waals surface area contributed by atoms with Gasteiger partial charge in [-0.05, 0) is 30.9 Å². The molecule has 0 spiro atoms. The van der Waals surface area contributed by atoms with Crippen LogP contribution in [0.15, 0.2) is 24.3 Å². The van der Waals surface area contributed by atoms with Crippen LogP contribution in [0.2, 0.25) is 0 Å². The van der Waals surface area contributed by atoms with Gasteiger partial charge in [0.2, 0.25) is 0 Å². The number of hydrogen-bond acceptors (Lipinski definition) is 3. The summed E-state index contributed by atoms with van der Waals surface area (Å²) in [6, 6.07) is 7.11. The summed E-state index contributed by atoms with van der Waals surface area (Å²) in [6.07, 6.45) is 2.03. The van der Waals surface area contributed by atoms with Gasteiger partial charge in [0.1, 0.15) is 5.75 Å². The number of benzene rings is 1. The summed E-state index contributed by atoms with van der Waals surface area (Å²) in [4.78, 5) is 11.8. The van der Waals surface area contributed by atoms with E-state index in [1.807, 2.05) is 18.2 Å². The predicted molar refractivity (Wildman–Crippen MR) is 73.6 cm³/mol. The lowest BCUT2D eigenvalue weighted by molar-refractivity contribution is 0.0671. The zero-order chi connectivity index (χ0) is 13.5. The molecule has 0 aromatic heterocycles. The fourth-order valence-electron chi connectivity index (χ4n) is 2.06. The second kappa shape index (κ2) is 6.99. The summed E-state index contributed by atoms with van der Waals surface area (Å²) in [5, 5.41) is 5.69. The zero-order valence-electron chi connectivity index (χ0n) is 11.1. The molecule has 1 heterocycles. The maximum atomic E-state index is 11.8. The van der Waals surface area contributed by atoms with Crippen LogP contribution in [0.3, 0.4) is 0 Å². The van der Waals surface area contributed by atoms with Gasteiger partial charge < -0.3 is 20.1 Å². The number of nitrogens with one attached hydrogen (secondary N) is 2. The Morgan fingerprint density at radius 1 is 1.42 bits per heavy atom. The Kier molecular flexibility index (Phi) is 5.03. The molecular formula is C14H20N2O3. The molecule has 0 bridgehead atoms. The third-order valence-corrected chi connectivity index (χ3v) is 3.22. The van der Waals surface area contributed by atoms with Crippen molar-refractivity contribution in [1.82, 2.24) is 5.32 Å². The summed E-state index contributed by atoms with van der Waals surface area (Å²) in [5.41, 5.74) is 0.726. The van der Waals surface area contributed by atoms with Gasteiger partial charge in [-0.3, -0.25) is 0 Å². The van der Waals surface area contributed by atoms with E-state index in [1.165, 1.54) is 0 Å². The van der Waals surface area contributed by atoms with Crippen molar-refractivity contribution in [3.63, 3.8) is 0 Å². The van der Waals surface area contributed by atoms with Crippen LogP contribution in [0, 0.1) is 5.92 Å². The quantitative estimate of drug-likeness (QED) is 0.876. The molecule has 1 fully saturated rings. The number of ether oxygens (including phenoxy) is 2. The van der Waals surface area contributed by atoms with E-state index in [1.54, 1.807) is 13.2 Å². The monoisotopic (exact) mass is 264 g/mol. The highest BCUT2D eigenvalue weighted by molar-refractivity contribution is 5.89. The van der Waals surface area contributed by atoms with Crippen molar-refractivity contribution in [2.24, 2.45) is 5.92 Å². The van der Waals surface area contributed by atoms with Gasteiger partial charge in [0.05, 0.1) is 7.11 Å². The van der Waals surface area contributed by atoms with Crippen LogP contribution in [-0.4, -0.2) is 32.9 Å². The first-order chi connectivity index (χ1) is 9.28. The molecule has 1 aliphatic rings. The number of carbonyl (C=O) groups excluding carboxylic acids is 1. The van der Waals surface area contributed by atoms with Crippen LogP contribution in [0.25, 0.3) is 0 Å². The minimum atomic E-state index is -0.181. The number of rotatable bonds is 4. The van der Waals surface area contributed by atoms with E-state index in [-0.39, 0.29) is 6.03 Å². The van der Waals surface area contributed by atoms with E-state index in [9.17, 15) is 4.79 Å². The summed E-state index contributed by atoms with van der Waals surface area (Å²) >= 11 is 0. The lowest BCUT2D eigenvalue weighted by atomic mass is 10.0. The lowest BCUT2D eigenvalue weighted by Crippen LogP contribution is -2.35. The van der Waals surface area contributed by atoms with Gasteiger partial charge in [0.15, 0.2) is 0 Å². The second-order valence-electron chi connectivity index (χ2n) is 4.62. The standard InChI is InChI=1S/C14H20N2O3/c1-18-13-4-2-3-12(9-13)16-14(17)15-10-11-5-7-19-8-6-11/h2-4,9,11H,5-8,10H2,1H3,(H2,15,16,17). The van der Waals surface area contributed by atoms with Gasteiger partial charge in [0.25, 0.3) is 0 Å². The molecule has 0 unspecified atom stereocenters. The fraction of sp³-hybridized carbons (Fsp3) is 0.500. The predicted octanol–water partition coefficient (Wildman–Crippen LogP) is 2.24. The molecule has 1 aromatic carbocycles. The topological polar surface area (TPSA) is 59.6 Å². The highest BCUT2D eigenvalue weighted by Crippen LogP contribution is 2.17. The Labute approximate surface area is 113 Å². The van der Waals surface area contributed by atoms with Crippen LogP contribution < -0.4 is 15.4 Å². The Bertz CT molecular complexity index is 417. The average Bonchev–Trinajstić information content (AvgIpc) is 2.46. The molecular weight excluding hydrogens is 244 g/mol. The first-order valence-electron chi connectivity index (χ1n) is 6.54. The van der Waals surface area contributed by atoms with Gasteiger partial charge in [-0.25, -0.2) is 4.79 Å². The Morgan fingerprint density at radius 3 is 2.95 bits per heavy atom.